The molecule has 0 unspecified atom stereocenters. The fourth-order valence-electron chi connectivity index (χ4n) is 0.920. The van der Waals surface area contributed by atoms with Crippen LogP contribution < -0.4 is 0 Å². The molecule has 132 valence electrons. The van der Waals surface area contributed by atoms with E-state index in [-0.39, 0.29) is 44.5 Å². The monoisotopic (exact) mass is 453 g/mol. The van der Waals surface area contributed by atoms with Crippen molar-refractivity contribution in [2.75, 3.05) is 0 Å². The summed E-state index contributed by atoms with van der Waals surface area (Å²) in [6.07, 6.45) is 8.39. The molecular formula is C17H37GeO3Zr-. The van der Waals surface area contributed by atoms with E-state index in [9.17, 15) is 0 Å². The molecule has 0 amide bonds. The van der Waals surface area contributed by atoms with Crippen molar-refractivity contribution in [2.45, 2.75) is 83.5 Å². The van der Waals surface area contributed by atoms with Gasteiger partial charge < -0.3 is 15.3 Å². The summed E-state index contributed by atoms with van der Waals surface area (Å²) < 4.78 is 1.54. The zero-order chi connectivity index (χ0) is 17.6. The topological polar surface area (TPSA) is 60.7 Å². The number of rotatable bonds is 1. The normalized spacial score (nSPS) is 12.4. The fourth-order valence-corrected chi connectivity index (χ4v) is 3.54. The second-order valence-electron chi connectivity index (χ2n) is 6.73. The summed E-state index contributed by atoms with van der Waals surface area (Å²) in [7, 11) is 0. The maximum atomic E-state index is 8.06. The molecule has 0 spiro atoms. The Balaban J connectivity index is -0.000000107. The van der Waals surface area contributed by atoms with Crippen molar-refractivity contribution in [1.29, 1.82) is 0 Å². The average Bonchev–Trinajstić information content (AvgIpc) is 2.64. The van der Waals surface area contributed by atoms with Crippen LogP contribution in [0.3, 0.4) is 0 Å². The van der Waals surface area contributed by atoms with Crippen LogP contribution in [0.25, 0.3) is 0 Å². The maximum Gasteiger partial charge on any atom is 0 e. The van der Waals surface area contributed by atoms with Crippen LogP contribution in [0, 0.1) is 6.08 Å². The zero-order valence-electron chi connectivity index (χ0n) is 15.9. The minimum absolute atomic E-state index is 0. The SMILES string of the molecule is CC(C)O.CC(C)O.CC(C)O.[CH3][Ge]([CH3])([CH3])[C]1=[C-]CC=C1.[Zr]. The van der Waals surface area contributed by atoms with Gasteiger partial charge in [-0.2, -0.15) is 0 Å². The van der Waals surface area contributed by atoms with Gasteiger partial charge in [-0.3, -0.25) is 0 Å². The van der Waals surface area contributed by atoms with Crippen molar-refractivity contribution >= 4 is 13.3 Å². The van der Waals surface area contributed by atoms with Gasteiger partial charge in [0.15, 0.2) is 0 Å². The summed E-state index contributed by atoms with van der Waals surface area (Å²) in [5.74, 6) is 7.20. The molecule has 0 fully saturated rings. The average molecular weight is 453 g/mol. The third-order valence-electron chi connectivity index (χ3n) is 1.50. The van der Waals surface area contributed by atoms with Crippen LogP contribution in [-0.2, 0) is 26.2 Å². The molecule has 1 rings (SSSR count). The molecule has 0 radical (unpaired) electrons. The molecule has 0 aliphatic heterocycles. The van der Waals surface area contributed by atoms with Gasteiger partial charge in [-0.25, -0.2) is 0 Å². The van der Waals surface area contributed by atoms with E-state index < -0.39 is 13.3 Å². The Labute approximate surface area is 160 Å². The number of aliphatic hydroxyl groups is 3. The van der Waals surface area contributed by atoms with Crippen molar-refractivity contribution < 1.29 is 41.5 Å². The van der Waals surface area contributed by atoms with E-state index in [1.54, 1.807) is 41.5 Å². The number of hydrogen-bond donors (Lipinski definition) is 3. The van der Waals surface area contributed by atoms with Crippen LogP contribution in [0.1, 0.15) is 48.0 Å². The Bertz CT molecular complexity index is 258. The first-order chi connectivity index (χ1) is 9.30. The molecule has 0 aromatic heterocycles. The Kier molecular flexibility index (Phi) is 25.3. The molecule has 1 aliphatic carbocycles. The van der Waals surface area contributed by atoms with Gasteiger partial charge in [0, 0.05) is 44.5 Å². The van der Waals surface area contributed by atoms with Crippen molar-refractivity contribution in [3.63, 3.8) is 0 Å². The summed E-state index contributed by atoms with van der Waals surface area (Å²) in [4.78, 5) is 0. The summed E-state index contributed by atoms with van der Waals surface area (Å²) in [6.45, 7) is 10.3. The predicted molar refractivity (Wildman–Crippen MR) is 95.9 cm³/mol. The second-order valence-corrected chi connectivity index (χ2v) is 17.3. The van der Waals surface area contributed by atoms with Gasteiger partial charge >= 0.3 is 59.6 Å². The summed E-state index contributed by atoms with van der Waals surface area (Å²) in [6, 6.07) is 0. The van der Waals surface area contributed by atoms with Gasteiger partial charge in [-0.05, 0) is 41.5 Å². The predicted octanol–water partition coefficient (Wildman–Crippen LogP) is 3.71. The van der Waals surface area contributed by atoms with Gasteiger partial charge in [-0.1, -0.05) is 0 Å². The first-order valence-electron chi connectivity index (χ1n) is 7.62. The van der Waals surface area contributed by atoms with Crippen LogP contribution in [0.5, 0.6) is 0 Å². The largest absolute Gasteiger partial charge is 0 e. The van der Waals surface area contributed by atoms with Crippen LogP contribution in [0.15, 0.2) is 16.6 Å². The van der Waals surface area contributed by atoms with Crippen LogP contribution in [0.4, 0.5) is 0 Å². The zero-order valence-corrected chi connectivity index (χ0v) is 20.5. The number of hydrogen-bond acceptors (Lipinski definition) is 3. The number of aliphatic hydroxyl groups excluding tert-OH is 3. The third-order valence-corrected chi connectivity index (χ3v) is 5.61. The van der Waals surface area contributed by atoms with E-state index >= 15 is 0 Å². The maximum absolute atomic E-state index is 8.06. The molecule has 0 saturated carbocycles. The minimum atomic E-state index is -1.46. The molecule has 0 saturated heterocycles. The van der Waals surface area contributed by atoms with E-state index in [2.05, 4.69) is 35.5 Å². The molecule has 0 aromatic rings. The van der Waals surface area contributed by atoms with E-state index in [1.807, 2.05) is 0 Å². The van der Waals surface area contributed by atoms with Gasteiger partial charge in [0.25, 0.3) is 0 Å². The smallest absolute Gasteiger partial charge is 0 e. The Morgan fingerprint density at radius 1 is 0.864 bits per heavy atom. The van der Waals surface area contributed by atoms with Gasteiger partial charge in [0.1, 0.15) is 0 Å². The van der Waals surface area contributed by atoms with Crippen LogP contribution in [0.2, 0.25) is 17.3 Å². The molecule has 0 heterocycles. The van der Waals surface area contributed by atoms with E-state index in [4.69, 9.17) is 15.3 Å². The van der Waals surface area contributed by atoms with Crippen LogP contribution >= 0.6 is 0 Å². The van der Waals surface area contributed by atoms with Gasteiger partial charge in [-0.15, -0.1) is 0 Å². The molecule has 3 nitrogen and oxygen atoms in total. The standard InChI is InChI=1S/C8H13Ge.3C3H8O.Zr/c1-9(2,3)8-6-4-5-7-8;3*1-3(2)4;/h4,6H,5H2,1-3H3;3*3-4H,1-2H3;/q-1;;;;. The van der Waals surface area contributed by atoms with E-state index in [0.717, 1.165) is 6.42 Å². The Morgan fingerprint density at radius 2 is 1.14 bits per heavy atom. The quantitative estimate of drug-likeness (QED) is 0.419. The summed E-state index contributed by atoms with van der Waals surface area (Å²) >= 11 is -1.46. The van der Waals surface area contributed by atoms with Gasteiger partial charge in [0.2, 0.25) is 0 Å². The van der Waals surface area contributed by atoms with Gasteiger partial charge in [0.05, 0.1) is 0 Å². The van der Waals surface area contributed by atoms with Crippen LogP contribution in [-0.4, -0.2) is 46.9 Å². The molecule has 22 heavy (non-hydrogen) atoms. The molecule has 0 atom stereocenters. The molecule has 3 N–H and O–H groups in total. The fraction of sp³-hybridized carbons (Fsp3) is 0.765. The molecule has 1 aliphatic rings. The van der Waals surface area contributed by atoms with E-state index in [1.165, 1.54) is 4.41 Å². The summed E-state index contributed by atoms with van der Waals surface area (Å²) in [5, 5.41) is 24.2. The summed E-state index contributed by atoms with van der Waals surface area (Å²) in [5.41, 5.74) is 0. The minimum Gasteiger partial charge on any atom is 0 e. The Morgan fingerprint density at radius 3 is 1.23 bits per heavy atom. The number of allylic oxidation sites excluding steroid dienone is 4. The first kappa shape index (κ1) is 30.6. The Hall–Kier alpha value is 0.786. The van der Waals surface area contributed by atoms with Crippen molar-refractivity contribution in [3.8, 4) is 0 Å². The molecular weight excluding hydrogens is 416 g/mol. The molecule has 0 bridgehead atoms. The first-order valence-corrected chi connectivity index (χ1v) is 15.0. The third kappa shape index (κ3) is 42.8. The van der Waals surface area contributed by atoms with Crippen molar-refractivity contribution in [3.05, 3.63) is 22.6 Å². The van der Waals surface area contributed by atoms with Crippen molar-refractivity contribution in [2.24, 2.45) is 0 Å². The molecule has 5 heteroatoms. The van der Waals surface area contributed by atoms with Crippen molar-refractivity contribution in [1.82, 2.24) is 0 Å². The van der Waals surface area contributed by atoms with E-state index in [0.29, 0.717) is 0 Å². The molecule has 0 aromatic carbocycles. The second kappa shape index (κ2) is 18.1.